The van der Waals surface area contributed by atoms with E-state index in [0.29, 0.717) is 0 Å². The first-order chi connectivity index (χ1) is 7.77. The number of halogens is 3. The Morgan fingerprint density at radius 2 is 2.12 bits per heavy atom. The van der Waals surface area contributed by atoms with Crippen molar-refractivity contribution in [2.75, 3.05) is 32.4 Å². The van der Waals surface area contributed by atoms with Gasteiger partial charge in [0.15, 0.2) is 0 Å². The van der Waals surface area contributed by atoms with Gasteiger partial charge in [0, 0.05) is 25.2 Å². The lowest BCUT2D eigenvalue weighted by Gasteiger charge is -2.26. The summed E-state index contributed by atoms with van der Waals surface area (Å²) in [6.45, 7) is -0.00699. The van der Waals surface area contributed by atoms with Gasteiger partial charge in [-0.2, -0.15) is 17.5 Å². The molecule has 0 bridgehead atoms. The Kier molecular flexibility index (Phi) is 4.56. The lowest BCUT2D eigenvalue weighted by Crippen LogP contribution is -2.39. The Balaban J connectivity index is 2.66. The molecule has 0 unspecified atom stereocenters. The van der Waals surface area contributed by atoms with Crippen LogP contribution < -0.4 is 5.32 Å². The summed E-state index contributed by atoms with van der Waals surface area (Å²) < 4.78 is 61.4. The van der Waals surface area contributed by atoms with E-state index in [4.69, 9.17) is 0 Å². The van der Waals surface area contributed by atoms with Gasteiger partial charge in [0.25, 0.3) is 0 Å². The van der Waals surface area contributed by atoms with Gasteiger partial charge in [0.2, 0.25) is 10.0 Å². The Bertz CT molecular complexity index is 390. The van der Waals surface area contributed by atoms with Crippen molar-refractivity contribution in [2.24, 2.45) is 0 Å². The van der Waals surface area contributed by atoms with Crippen LogP contribution in [-0.4, -0.2) is 51.3 Å². The first-order valence-electron chi connectivity index (χ1n) is 5.16. The van der Waals surface area contributed by atoms with Gasteiger partial charge >= 0.3 is 6.18 Å². The van der Waals surface area contributed by atoms with Crippen LogP contribution in [0.25, 0.3) is 0 Å². The monoisotopic (exact) mass is 272 g/mol. The van der Waals surface area contributed by atoms with Crippen molar-refractivity contribution in [1.82, 2.24) is 9.62 Å². The Hall–Kier alpha value is -0.600. The SMILES string of the molecule is CNCCS(=O)(=O)N1CC=C(C(F)(F)F)CC1. The minimum Gasteiger partial charge on any atom is -0.319 e. The minimum absolute atomic E-state index is 0.0985. The Morgan fingerprint density at radius 3 is 2.53 bits per heavy atom. The van der Waals surface area contributed by atoms with Gasteiger partial charge in [0.05, 0.1) is 5.75 Å². The number of rotatable bonds is 4. The predicted molar refractivity (Wildman–Crippen MR) is 58.0 cm³/mol. The van der Waals surface area contributed by atoms with Gasteiger partial charge in [-0.15, -0.1) is 0 Å². The largest absolute Gasteiger partial charge is 0.412 e. The molecule has 1 aliphatic rings. The number of alkyl halides is 3. The van der Waals surface area contributed by atoms with Crippen molar-refractivity contribution in [3.8, 4) is 0 Å². The fourth-order valence-electron chi connectivity index (χ4n) is 1.52. The highest BCUT2D eigenvalue weighted by atomic mass is 32.2. The zero-order chi connectivity index (χ0) is 13.1. The molecule has 1 rings (SSSR count). The van der Waals surface area contributed by atoms with E-state index in [1.54, 1.807) is 7.05 Å². The summed E-state index contributed by atoms with van der Waals surface area (Å²) in [7, 11) is -1.84. The number of nitrogens with zero attached hydrogens (tertiary/aromatic N) is 1. The Morgan fingerprint density at radius 1 is 1.47 bits per heavy atom. The molecule has 0 atom stereocenters. The molecule has 0 saturated carbocycles. The number of nitrogens with one attached hydrogen (secondary N) is 1. The van der Waals surface area contributed by atoms with E-state index < -0.39 is 21.8 Å². The van der Waals surface area contributed by atoms with E-state index in [1.807, 2.05) is 0 Å². The van der Waals surface area contributed by atoms with E-state index in [2.05, 4.69) is 5.32 Å². The van der Waals surface area contributed by atoms with Crippen molar-refractivity contribution in [1.29, 1.82) is 0 Å². The second kappa shape index (κ2) is 5.36. The van der Waals surface area contributed by atoms with Crippen molar-refractivity contribution in [2.45, 2.75) is 12.6 Å². The molecule has 0 spiro atoms. The molecule has 8 heteroatoms. The fraction of sp³-hybridized carbons (Fsp3) is 0.778. The van der Waals surface area contributed by atoms with Crippen LogP contribution in [0.5, 0.6) is 0 Å². The first-order valence-corrected chi connectivity index (χ1v) is 6.77. The van der Waals surface area contributed by atoms with Gasteiger partial charge < -0.3 is 5.32 Å². The predicted octanol–water partition coefficient (Wildman–Crippen LogP) is 0.730. The maximum absolute atomic E-state index is 12.3. The molecule has 17 heavy (non-hydrogen) atoms. The average molecular weight is 272 g/mol. The van der Waals surface area contributed by atoms with Gasteiger partial charge in [-0.3, -0.25) is 0 Å². The first kappa shape index (κ1) is 14.5. The van der Waals surface area contributed by atoms with E-state index in [1.165, 1.54) is 0 Å². The quantitative estimate of drug-likeness (QED) is 0.768. The second-order valence-electron chi connectivity index (χ2n) is 3.75. The molecular formula is C9H15F3N2O2S. The highest BCUT2D eigenvalue weighted by Crippen LogP contribution is 2.30. The average Bonchev–Trinajstić information content (AvgIpc) is 2.25. The van der Waals surface area contributed by atoms with Gasteiger partial charge in [-0.05, 0) is 13.5 Å². The molecule has 0 saturated heterocycles. The Labute approximate surface area is 98.5 Å². The van der Waals surface area contributed by atoms with Gasteiger partial charge in [-0.1, -0.05) is 6.08 Å². The smallest absolute Gasteiger partial charge is 0.319 e. The topological polar surface area (TPSA) is 49.4 Å². The van der Waals surface area contributed by atoms with Crippen LogP contribution in [0.4, 0.5) is 13.2 Å². The van der Waals surface area contributed by atoms with Crippen LogP contribution in [0.1, 0.15) is 6.42 Å². The standard InChI is InChI=1S/C9H15F3N2O2S/c1-13-4-7-17(15,16)14-5-2-8(3-6-14)9(10,11)12/h2,13H,3-7H2,1H3. The molecule has 0 aromatic heterocycles. The molecule has 0 aromatic rings. The van der Waals surface area contributed by atoms with E-state index in [9.17, 15) is 21.6 Å². The highest BCUT2D eigenvalue weighted by Gasteiger charge is 2.36. The molecule has 0 aliphatic carbocycles. The number of hydrogen-bond acceptors (Lipinski definition) is 3. The van der Waals surface area contributed by atoms with E-state index >= 15 is 0 Å². The van der Waals surface area contributed by atoms with Gasteiger partial charge in [0.1, 0.15) is 0 Å². The van der Waals surface area contributed by atoms with Crippen LogP contribution in [0.3, 0.4) is 0 Å². The molecule has 1 aliphatic heterocycles. The maximum Gasteiger partial charge on any atom is 0.412 e. The fourth-order valence-corrected chi connectivity index (χ4v) is 2.91. The maximum atomic E-state index is 12.3. The third-order valence-corrected chi connectivity index (χ3v) is 4.38. The van der Waals surface area contributed by atoms with Crippen LogP contribution in [0.15, 0.2) is 11.6 Å². The summed E-state index contributed by atoms with van der Waals surface area (Å²) in [6.07, 6.45) is -3.68. The summed E-state index contributed by atoms with van der Waals surface area (Å²) in [6, 6.07) is 0. The second-order valence-corrected chi connectivity index (χ2v) is 5.84. The van der Waals surface area contributed by atoms with Crippen molar-refractivity contribution in [3.63, 3.8) is 0 Å². The third-order valence-electron chi connectivity index (χ3n) is 2.54. The molecular weight excluding hydrogens is 257 g/mol. The lowest BCUT2D eigenvalue weighted by molar-refractivity contribution is -0.0953. The van der Waals surface area contributed by atoms with Crippen molar-refractivity contribution < 1.29 is 21.6 Å². The zero-order valence-electron chi connectivity index (χ0n) is 9.42. The molecule has 0 aromatic carbocycles. The number of sulfonamides is 1. The van der Waals surface area contributed by atoms with Crippen LogP contribution in [0.2, 0.25) is 0 Å². The molecule has 100 valence electrons. The number of hydrogen-bond donors (Lipinski definition) is 1. The molecule has 1 heterocycles. The molecule has 1 N–H and O–H groups in total. The van der Waals surface area contributed by atoms with Crippen LogP contribution in [-0.2, 0) is 10.0 Å². The summed E-state index contributed by atoms with van der Waals surface area (Å²) in [5.74, 6) is -0.0985. The third kappa shape index (κ3) is 3.97. The van der Waals surface area contributed by atoms with Crippen molar-refractivity contribution >= 4 is 10.0 Å². The summed E-state index contributed by atoms with van der Waals surface area (Å²) in [4.78, 5) is 0. The minimum atomic E-state index is -4.35. The highest BCUT2D eigenvalue weighted by molar-refractivity contribution is 7.89. The molecule has 0 amide bonds. The zero-order valence-corrected chi connectivity index (χ0v) is 10.2. The summed E-state index contributed by atoms with van der Waals surface area (Å²) in [5.41, 5.74) is -0.641. The van der Waals surface area contributed by atoms with Gasteiger partial charge in [-0.25, -0.2) is 8.42 Å². The summed E-state index contributed by atoms with van der Waals surface area (Å²) in [5, 5.41) is 2.69. The lowest BCUT2D eigenvalue weighted by atomic mass is 10.1. The van der Waals surface area contributed by atoms with Crippen LogP contribution in [0, 0.1) is 0 Å². The summed E-state index contributed by atoms with van der Waals surface area (Å²) >= 11 is 0. The normalized spacial score (nSPS) is 19.2. The van der Waals surface area contributed by atoms with Crippen molar-refractivity contribution in [3.05, 3.63) is 11.6 Å². The molecule has 0 fully saturated rings. The molecule has 4 nitrogen and oxygen atoms in total. The van der Waals surface area contributed by atoms with E-state index in [-0.39, 0.29) is 31.8 Å². The van der Waals surface area contributed by atoms with E-state index in [0.717, 1.165) is 10.4 Å². The molecule has 0 radical (unpaired) electrons. The van der Waals surface area contributed by atoms with Crippen LogP contribution >= 0.6 is 0 Å².